The monoisotopic (exact) mass is 494 g/mol. The molecule has 34 heavy (non-hydrogen) atoms. The molecule has 1 amide bonds. The highest BCUT2D eigenvalue weighted by molar-refractivity contribution is 8.03. The van der Waals surface area contributed by atoms with E-state index in [1.807, 2.05) is 20.8 Å². The average Bonchev–Trinajstić information content (AvgIpc) is 3.41. The summed E-state index contributed by atoms with van der Waals surface area (Å²) in [5.74, 6) is -1.88. The summed E-state index contributed by atoms with van der Waals surface area (Å²) in [6.45, 7) is 6.30. The second-order valence-corrected chi connectivity index (χ2v) is 10.1. The van der Waals surface area contributed by atoms with E-state index < -0.39 is 33.7 Å². The van der Waals surface area contributed by atoms with Gasteiger partial charge in [0.15, 0.2) is 11.6 Å². The molecule has 4 rings (SSSR count). The van der Waals surface area contributed by atoms with E-state index in [2.05, 4.69) is 20.5 Å². The van der Waals surface area contributed by atoms with Crippen molar-refractivity contribution in [1.82, 2.24) is 25.1 Å². The lowest BCUT2D eigenvalue weighted by Gasteiger charge is -2.33. The molecule has 0 N–H and O–H groups in total. The second-order valence-electron chi connectivity index (χ2n) is 8.88. The van der Waals surface area contributed by atoms with E-state index in [9.17, 15) is 17.8 Å². The van der Waals surface area contributed by atoms with E-state index in [1.54, 1.807) is 4.90 Å². The number of benzene rings is 1. The van der Waals surface area contributed by atoms with E-state index in [0.29, 0.717) is 36.7 Å². The Hall–Kier alpha value is -3.22. The Bertz CT molecular complexity index is 1130. The van der Waals surface area contributed by atoms with Gasteiger partial charge in [0, 0.05) is 36.5 Å². The number of carbonyl (C=O) groups is 1. The number of halogens is 2. The summed E-state index contributed by atoms with van der Waals surface area (Å²) in [5, 5.41) is 12.2. The number of amides is 1. The van der Waals surface area contributed by atoms with E-state index in [-0.39, 0.29) is 24.4 Å². The van der Waals surface area contributed by atoms with Gasteiger partial charge >= 0.3 is 6.09 Å². The van der Waals surface area contributed by atoms with Gasteiger partial charge in [0.2, 0.25) is 0 Å². The number of likely N-dealkylation sites (tertiary alicyclic amines) is 1. The lowest BCUT2D eigenvalue weighted by molar-refractivity contribution is 0.0202. The predicted molar refractivity (Wildman–Crippen MR) is 119 cm³/mol. The van der Waals surface area contributed by atoms with Crippen LogP contribution in [0.4, 0.5) is 13.6 Å². The van der Waals surface area contributed by atoms with Gasteiger partial charge in [-0.25, -0.2) is 22.8 Å². The standard InChI is InChI=1S/C21H24F2N6O4S/c1-21(2,3)33-20(30)28-6-4-13(5-7-28)19-25-14(11-34(19)31)10-32-15-8-16(22)18(17(23)9-15)29-12-24-26-27-29/h8-9,11-13H,4-7,10H2,1-3H3. The Labute approximate surface area is 197 Å². The van der Waals surface area contributed by atoms with Crippen LogP contribution in [0, 0.1) is 17.6 Å². The summed E-state index contributed by atoms with van der Waals surface area (Å²) in [7, 11) is -1.42. The van der Waals surface area contributed by atoms with Crippen LogP contribution >= 0.6 is 0 Å². The molecule has 0 bridgehead atoms. The normalized spacial score (nSPS) is 19.1. The molecule has 2 aliphatic heterocycles. The molecule has 2 aliphatic rings. The lowest BCUT2D eigenvalue weighted by atomic mass is 9.98. The van der Waals surface area contributed by atoms with E-state index >= 15 is 0 Å². The summed E-state index contributed by atoms with van der Waals surface area (Å²) in [4.78, 5) is 18.3. The molecule has 0 saturated carbocycles. The fourth-order valence-electron chi connectivity index (χ4n) is 3.62. The van der Waals surface area contributed by atoms with Crippen LogP contribution in [-0.4, -0.2) is 65.8 Å². The molecule has 13 heteroatoms. The minimum Gasteiger partial charge on any atom is -0.487 e. The van der Waals surface area contributed by atoms with Gasteiger partial charge in [0.05, 0.1) is 16.5 Å². The molecule has 10 nitrogen and oxygen atoms in total. The Balaban J connectivity index is 1.34. The van der Waals surface area contributed by atoms with Crippen LogP contribution in [0.5, 0.6) is 5.75 Å². The first kappa shape index (κ1) is 23.9. The molecule has 1 saturated heterocycles. The zero-order chi connectivity index (χ0) is 24.5. The Morgan fingerprint density at radius 2 is 1.88 bits per heavy atom. The number of nitrogens with zero attached hydrogens (tertiary/aromatic N) is 6. The lowest BCUT2D eigenvalue weighted by Crippen LogP contribution is -2.43. The number of hydrogen-bond donors (Lipinski definition) is 0. The van der Waals surface area contributed by atoms with Crippen LogP contribution in [0.3, 0.4) is 0 Å². The number of ether oxygens (including phenoxy) is 2. The first-order valence-corrected chi connectivity index (χ1v) is 11.8. The maximum Gasteiger partial charge on any atom is 0.410 e. The molecular formula is C21H24F2N6O4S. The summed E-state index contributed by atoms with van der Waals surface area (Å²) >= 11 is 0. The summed E-state index contributed by atoms with van der Waals surface area (Å²) < 4.78 is 53.1. The molecule has 1 atom stereocenters. The number of rotatable bonds is 5. The number of hydrogen-bond acceptors (Lipinski definition) is 8. The number of carbonyl (C=O) groups excluding carboxylic acids is 1. The van der Waals surface area contributed by atoms with Gasteiger partial charge in [0.1, 0.15) is 35.0 Å². The maximum absolute atomic E-state index is 14.4. The molecule has 0 aliphatic carbocycles. The first-order chi connectivity index (χ1) is 16.1. The quantitative estimate of drug-likeness (QED) is 0.628. The topological polar surface area (TPSA) is 112 Å². The molecule has 1 aromatic carbocycles. The molecule has 0 spiro atoms. The third-order valence-corrected chi connectivity index (χ3v) is 6.48. The fourth-order valence-corrected chi connectivity index (χ4v) is 4.88. The van der Waals surface area contributed by atoms with Crippen molar-refractivity contribution in [2.24, 2.45) is 10.9 Å². The van der Waals surface area contributed by atoms with E-state index in [0.717, 1.165) is 23.1 Å². The Morgan fingerprint density at radius 1 is 1.21 bits per heavy atom. The van der Waals surface area contributed by atoms with Crippen LogP contribution in [-0.2, 0) is 15.5 Å². The third-order valence-electron chi connectivity index (χ3n) is 5.15. The molecule has 182 valence electrons. The van der Waals surface area contributed by atoms with Gasteiger partial charge < -0.3 is 14.4 Å². The predicted octanol–water partition coefficient (Wildman–Crippen LogP) is 2.97. The van der Waals surface area contributed by atoms with Crippen molar-refractivity contribution in [3.63, 3.8) is 0 Å². The van der Waals surface area contributed by atoms with Crippen LogP contribution in [0.25, 0.3) is 5.69 Å². The van der Waals surface area contributed by atoms with Crippen LogP contribution < -0.4 is 4.74 Å². The average molecular weight is 495 g/mol. The molecule has 0 radical (unpaired) electrons. The van der Waals surface area contributed by atoms with Crippen molar-refractivity contribution in [2.75, 3.05) is 19.7 Å². The number of aromatic nitrogens is 4. The largest absolute Gasteiger partial charge is 0.487 e. The minimum atomic E-state index is -1.42. The van der Waals surface area contributed by atoms with Crippen molar-refractivity contribution in [1.29, 1.82) is 0 Å². The maximum atomic E-state index is 14.4. The fraction of sp³-hybridized carbons (Fsp3) is 0.476. The number of piperidine rings is 1. The minimum absolute atomic E-state index is 0.0428. The Morgan fingerprint density at radius 3 is 2.47 bits per heavy atom. The van der Waals surface area contributed by atoms with Gasteiger partial charge in [-0.1, -0.05) is 0 Å². The molecular weight excluding hydrogens is 470 g/mol. The van der Waals surface area contributed by atoms with Gasteiger partial charge in [-0.3, -0.25) is 0 Å². The highest BCUT2D eigenvalue weighted by Crippen LogP contribution is 2.28. The zero-order valence-electron chi connectivity index (χ0n) is 18.9. The van der Waals surface area contributed by atoms with Gasteiger partial charge in [0.25, 0.3) is 0 Å². The highest BCUT2D eigenvalue weighted by Gasteiger charge is 2.32. The highest BCUT2D eigenvalue weighted by atomic mass is 32.2. The second kappa shape index (κ2) is 9.57. The zero-order valence-corrected chi connectivity index (χ0v) is 19.7. The molecule has 3 heterocycles. The van der Waals surface area contributed by atoms with Crippen molar-refractivity contribution in [3.8, 4) is 11.4 Å². The van der Waals surface area contributed by atoms with Crippen LogP contribution in [0.15, 0.2) is 34.6 Å². The molecule has 2 aromatic rings. The molecule has 1 fully saturated rings. The first-order valence-electron chi connectivity index (χ1n) is 10.6. The number of aliphatic imine (C=N–C) groups is 1. The smallest absolute Gasteiger partial charge is 0.410 e. The van der Waals surface area contributed by atoms with Gasteiger partial charge in [-0.2, -0.15) is 4.68 Å². The SMILES string of the molecule is CC(C)(C)OC(=O)N1CCC(C2=NC(COc3cc(F)c(-n4cnnn4)c(F)c3)=CS2=O)CC1. The van der Waals surface area contributed by atoms with Crippen molar-refractivity contribution >= 4 is 21.9 Å². The Kier molecular flexibility index (Phi) is 6.73. The third kappa shape index (κ3) is 5.46. The molecule has 1 aromatic heterocycles. The van der Waals surface area contributed by atoms with Crippen molar-refractivity contribution in [2.45, 2.75) is 39.2 Å². The van der Waals surface area contributed by atoms with E-state index in [4.69, 9.17) is 9.47 Å². The van der Waals surface area contributed by atoms with E-state index in [1.165, 1.54) is 5.41 Å². The summed E-state index contributed by atoms with van der Waals surface area (Å²) in [6, 6.07) is 2.03. The number of tetrazole rings is 1. The summed E-state index contributed by atoms with van der Waals surface area (Å²) in [5.41, 5.74) is -0.575. The van der Waals surface area contributed by atoms with Gasteiger partial charge in [-0.15, -0.1) is 5.10 Å². The summed E-state index contributed by atoms with van der Waals surface area (Å²) in [6.07, 6.45) is 1.94. The van der Waals surface area contributed by atoms with Crippen molar-refractivity contribution in [3.05, 3.63) is 41.2 Å². The molecule has 1 unspecified atom stereocenters. The van der Waals surface area contributed by atoms with Gasteiger partial charge in [-0.05, 0) is 44.0 Å². The van der Waals surface area contributed by atoms with Crippen molar-refractivity contribution < 1.29 is 27.3 Å². The van der Waals surface area contributed by atoms with Crippen LogP contribution in [0.2, 0.25) is 0 Å². The van der Waals surface area contributed by atoms with Crippen LogP contribution in [0.1, 0.15) is 33.6 Å².